The molecule has 2 aromatic carbocycles. The van der Waals surface area contributed by atoms with Crippen LogP contribution in [0.4, 0.5) is 10.1 Å². The van der Waals surface area contributed by atoms with E-state index in [-0.39, 0.29) is 21.7 Å². The minimum Gasteiger partial charge on any atom is -0.279 e. The summed E-state index contributed by atoms with van der Waals surface area (Å²) in [6, 6.07) is 8.59. The molecule has 0 atom stereocenters. The SMILES string of the molecule is CN1C(=O)c2cccc(NS(=O)(=O)c3ccc(F)cc3)c2C1=O. The van der Waals surface area contributed by atoms with Crippen molar-refractivity contribution in [2.24, 2.45) is 0 Å². The van der Waals surface area contributed by atoms with E-state index in [9.17, 15) is 22.4 Å². The standard InChI is InChI=1S/C15H11FN2O4S/c1-18-14(19)11-3-2-4-12(13(11)15(18)20)17-23(21,22)10-7-5-9(16)6-8-10/h2-8,17H,1H3. The quantitative estimate of drug-likeness (QED) is 0.868. The number of fused-ring (bicyclic) bond motifs is 1. The number of nitrogens with zero attached hydrogens (tertiary/aromatic N) is 1. The summed E-state index contributed by atoms with van der Waals surface area (Å²) in [7, 11) is -2.69. The van der Waals surface area contributed by atoms with Gasteiger partial charge in [0.2, 0.25) is 0 Å². The van der Waals surface area contributed by atoms with Crippen LogP contribution in [0.25, 0.3) is 0 Å². The molecule has 1 aliphatic rings. The number of amides is 2. The first-order valence-corrected chi connectivity index (χ1v) is 8.03. The maximum absolute atomic E-state index is 12.9. The number of carbonyl (C=O) groups is 2. The van der Waals surface area contributed by atoms with Gasteiger partial charge in [0.05, 0.1) is 21.7 Å². The molecule has 0 radical (unpaired) electrons. The van der Waals surface area contributed by atoms with E-state index in [1.165, 1.54) is 25.2 Å². The molecule has 2 amide bonds. The van der Waals surface area contributed by atoms with Crippen molar-refractivity contribution in [2.45, 2.75) is 4.90 Å². The molecule has 0 saturated heterocycles. The van der Waals surface area contributed by atoms with Crippen LogP contribution < -0.4 is 4.72 Å². The van der Waals surface area contributed by atoms with Crippen LogP contribution in [0.15, 0.2) is 47.4 Å². The van der Waals surface area contributed by atoms with Gasteiger partial charge in [-0.05, 0) is 36.4 Å². The van der Waals surface area contributed by atoms with Gasteiger partial charge in [-0.1, -0.05) is 6.07 Å². The van der Waals surface area contributed by atoms with Crippen molar-refractivity contribution in [1.29, 1.82) is 0 Å². The molecule has 0 fully saturated rings. The molecule has 2 aromatic rings. The van der Waals surface area contributed by atoms with Gasteiger partial charge in [0.25, 0.3) is 21.8 Å². The van der Waals surface area contributed by atoms with Crippen LogP contribution in [-0.4, -0.2) is 32.2 Å². The number of halogens is 1. The Kier molecular flexibility index (Phi) is 3.41. The molecule has 8 heteroatoms. The summed E-state index contributed by atoms with van der Waals surface area (Å²) in [5.41, 5.74) is 0.150. The number of anilines is 1. The fourth-order valence-electron chi connectivity index (χ4n) is 2.30. The minimum absolute atomic E-state index is 0.00527. The minimum atomic E-state index is -4.01. The first-order chi connectivity index (χ1) is 10.8. The molecule has 6 nitrogen and oxygen atoms in total. The normalized spacial score (nSPS) is 14.1. The van der Waals surface area contributed by atoms with Gasteiger partial charge in [0.15, 0.2) is 0 Å². The average Bonchev–Trinajstić information content (AvgIpc) is 2.73. The fourth-order valence-corrected chi connectivity index (χ4v) is 3.38. The molecule has 1 aliphatic heterocycles. The summed E-state index contributed by atoms with van der Waals surface area (Å²) in [4.78, 5) is 24.8. The monoisotopic (exact) mass is 334 g/mol. The van der Waals surface area contributed by atoms with Gasteiger partial charge in [-0.25, -0.2) is 12.8 Å². The van der Waals surface area contributed by atoms with Crippen molar-refractivity contribution in [2.75, 3.05) is 11.8 Å². The Bertz CT molecular complexity index is 923. The third-order valence-electron chi connectivity index (χ3n) is 3.49. The van der Waals surface area contributed by atoms with Crippen molar-refractivity contribution in [3.8, 4) is 0 Å². The predicted octanol–water partition coefficient (Wildman–Crippen LogP) is 1.85. The van der Waals surface area contributed by atoms with Gasteiger partial charge < -0.3 is 0 Å². The summed E-state index contributed by atoms with van der Waals surface area (Å²) in [5.74, 6) is -1.64. The van der Waals surface area contributed by atoms with Gasteiger partial charge >= 0.3 is 0 Å². The van der Waals surface area contributed by atoms with Crippen LogP contribution >= 0.6 is 0 Å². The number of hydrogen-bond acceptors (Lipinski definition) is 4. The molecule has 0 aromatic heterocycles. The first kappa shape index (κ1) is 15.2. The maximum Gasteiger partial charge on any atom is 0.263 e. The number of rotatable bonds is 3. The molecule has 0 spiro atoms. The molecule has 0 aliphatic carbocycles. The molecule has 1 N–H and O–H groups in total. The summed E-state index contributed by atoms with van der Waals surface area (Å²) in [5, 5.41) is 0. The highest BCUT2D eigenvalue weighted by atomic mass is 32.2. The second-order valence-corrected chi connectivity index (χ2v) is 6.64. The van der Waals surface area contributed by atoms with Crippen LogP contribution in [0.5, 0.6) is 0 Å². The molecular weight excluding hydrogens is 323 g/mol. The molecule has 0 saturated carbocycles. The Balaban J connectivity index is 2.04. The van der Waals surface area contributed by atoms with E-state index < -0.39 is 27.7 Å². The Morgan fingerprint density at radius 3 is 2.30 bits per heavy atom. The average molecular weight is 334 g/mol. The number of nitrogens with one attached hydrogen (secondary N) is 1. The second-order valence-electron chi connectivity index (χ2n) is 4.96. The number of imide groups is 1. The third-order valence-corrected chi connectivity index (χ3v) is 4.87. The van der Waals surface area contributed by atoms with E-state index in [0.717, 1.165) is 29.2 Å². The molecule has 118 valence electrons. The van der Waals surface area contributed by atoms with Gasteiger partial charge in [-0.2, -0.15) is 0 Å². The zero-order valence-electron chi connectivity index (χ0n) is 11.9. The summed E-state index contributed by atoms with van der Waals surface area (Å²) in [6.07, 6.45) is 0. The van der Waals surface area contributed by atoms with Crippen LogP contribution in [0.2, 0.25) is 0 Å². The van der Waals surface area contributed by atoms with E-state index in [1.54, 1.807) is 0 Å². The topological polar surface area (TPSA) is 83.6 Å². The van der Waals surface area contributed by atoms with Crippen molar-refractivity contribution in [1.82, 2.24) is 4.90 Å². The summed E-state index contributed by atoms with van der Waals surface area (Å²) >= 11 is 0. The lowest BCUT2D eigenvalue weighted by Gasteiger charge is -2.11. The second kappa shape index (κ2) is 5.17. The number of benzene rings is 2. The molecule has 23 heavy (non-hydrogen) atoms. The van der Waals surface area contributed by atoms with Gasteiger partial charge in [0.1, 0.15) is 5.82 Å². The zero-order valence-corrected chi connectivity index (χ0v) is 12.7. The van der Waals surface area contributed by atoms with Gasteiger partial charge in [0, 0.05) is 7.05 Å². The lowest BCUT2D eigenvalue weighted by atomic mass is 10.1. The highest BCUT2D eigenvalue weighted by Crippen LogP contribution is 2.30. The molecule has 0 unspecified atom stereocenters. The van der Waals surface area contributed by atoms with Crippen LogP contribution in [0.1, 0.15) is 20.7 Å². The Morgan fingerprint density at radius 1 is 1.00 bits per heavy atom. The fraction of sp³-hybridized carbons (Fsp3) is 0.0667. The number of hydrogen-bond donors (Lipinski definition) is 1. The Hall–Kier alpha value is -2.74. The maximum atomic E-state index is 12.9. The largest absolute Gasteiger partial charge is 0.279 e. The Labute approximate surface area is 131 Å². The number of carbonyl (C=O) groups excluding carboxylic acids is 2. The van der Waals surface area contributed by atoms with Crippen molar-refractivity contribution in [3.05, 3.63) is 59.4 Å². The van der Waals surface area contributed by atoms with Crippen molar-refractivity contribution in [3.63, 3.8) is 0 Å². The van der Waals surface area contributed by atoms with Crippen LogP contribution in [-0.2, 0) is 10.0 Å². The van der Waals surface area contributed by atoms with E-state index in [2.05, 4.69) is 4.72 Å². The van der Waals surface area contributed by atoms with Gasteiger partial charge in [-0.15, -0.1) is 0 Å². The zero-order chi connectivity index (χ0) is 16.8. The summed E-state index contributed by atoms with van der Waals surface area (Å²) in [6.45, 7) is 0. The molecule has 3 rings (SSSR count). The van der Waals surface area contributed by atoms with Gasteiger partial charge in [-0.3, -0.25) is 19.2 Å². The Morgan fingerprint density at radius 2 is 1.65 bits per heavy atom. The molecular formula is C15H11FN2O4S. The lowest BCUT2D eigenvalue weighted by Crippen LogP contribution is -2.24. The smallest absolute Gasteiger partial charge is 0.263 e. The highest BCUT2D eigenvalue weighted by molar-refractivity contribution is 7.92. The highest BCUT2D eigenvalue weighted by Gasteiger charge is 2.35. The van der Waals surface area contributed by atoms with E-state index in [0.29, 0.717) is 0 Å². The van der Waals surface area contributed by atoms with E-state index in [4.69, 9.17) is 0 Å². The summed E-state index contributed by atoms with van der Waals surface area (Å²) < 4.78 is 39.9. The number of sulfonamides is 1. The molecule has 1 heterocycles. The van der Waals surface area contributed by atoms with E-state index in [1.807, 2.05) is 0 Å². The third kappa shape index (κ3) is 2.46. The first-order valence-electron chi connectivity index (χ1n) is 6.55. The van der Waals surface area contributed by atoms with Crippen LogP contribution in [0, 0.1) is 5.82 Å². The predicted molar refractivity (Wildman–Crippen MR) is 80.1 cm³/mol. The van der Waals surface area contributed by atoms with Crippen molar-refractivity contribution < 1.29 is 22.4 Å². The van der Waals surface area contributed by atoms with Crippen molar-refractivity contribution >= 4 is 27.5 Å². The van der Waals surface area contributed by atoms with E-state index >= 15 is 0 Å². The lowest BCUT2D eigenvalue weighted by molar-refractivity contribution is 0.0693. The molecule has 0 bridgehead atoms. The van der Waals surface area contributed by atoms with Crippen LogP contribution in [0.3, 0.4) is 0 Å².